The van der Waals surface area contributed by atoms with Gasteiger partial charge in [0.15, 0.2) is 5.69 Å². The van der Waals surface area contributed by atoms with E-state index < -0.39 is 36.3 Å². The molecule has 2 aromatic rings. The number of hydrogen-bond acceptors (Lipinski definition) is 8. The molecule has 3 heterocycles. The largest absolute Gasteiger partial charge is 0.472 e. The summed E-state index contributed by atoms with van der Waals surface area (Å²) in [6.45, 7) is 3.32. The molecule has 1 unspecified atom stereocenters. The van der Waals surface area contributed by atoms with Crippen LogP contribution in [0.15, 0.2) is 10.5 Å². The Bertz CT molecular complexity index is 857. The van der Waals surface area contributed by atoms with Gasteiger partial charge in [0.25, 0.3) is 11.8 Å². The van der Waals surface area contributed by atoms with Crippen molar-refractivity contribution in [3.63, 3.8) is 0 Å². The van der Waals surface area contributed by atoms with Crippen molar-refractivity contribution >= 4 is 5.69 Å². The number of pyridine rings is 1. The zero-order valence-corrected chi connectivity index (χ0v) is 15.3. The molecule has 28 heavy (non-hydrogen) atoms. The molecule has 0 spiro atoms. The lowest BCUT2D eigenvalue weighted by atomic mass is 9.94. The van der Waals surface area contributed by atoms with E-state index in [0.717, 1.165) is 0 Å². The maximum atomic E-state index is 13.6. The molecule has 1 aliphatic heterocycles. The molecule has 8 nitrogen and oxygen atoms in total. The van der Waals surface area contributed by atoms with Crippen LogP contribution in [0.4, 0.5) is 18.9 Å². The summed E-state index contributed by atoms with van der Waals surface area (Å²) >= 11 is 0. The van der Waals surface area contributed by atoms with Crippen molar-refractivity contribution in [2.24, 2.45) is 0 Å². The van der Waals surface area contributed by atoms with Crippen LogP contribution in [0, 0.1) is 6.92 Å². The highest BCUT2D eigenvalue weighted by molar-refractivity contribution is 5.67. The molecule has 0 aromatic carbocycles. The molecule has 0 aliphatic carbocycles. The van der Waals surface area contributed by atoms with Gasteiger partial charge in [-0.2, -0.15) is 13.2 Å². The van der Waals surface area contributed by atoms with Crippen LogP contribution in [0.25, 0.3) is 11.6 Å². The lowest BCUT2D eigenvalue weighted by molar-refractivity contribution is -0.277. The lowest BCUT2D eigenvalue weighted by Crippen LogP contribution is -2.42. The maximum Gasteiger partial charge on any atom is 0.426 e. The number of alkyl halides is 3. The lowest BCUT2D eigenvalue weighted by Gasteiger charge is -2.27. The molecule has 0 radical (unpaired) electrons. The Morgan fingerprint density at radius 3 is 2.68 bits per heavy atom. The summed E-state index contributed by atoms with van der Waals surface area (Å²) < 4.78 is 51.6. The van der Waals surface area contributed by atoms with Crippen molar-refractivity contribution in [1.29, 1.82) is 0 Å². The van der Waals surface area contributed by atoms with Crippen molar-refractivity contribution < 1.29 is 32.5 Å². The molecule has 154 valence electrons. The average Bonchev–Trinajstić information content (AvgIpc) is 3.09. The predicted molar refractivity (Wildman–Crippen MR) is 91.2 cm³/mol. The van der Waals surface area contributed by atoms with Crippen LogP contribution in [0.5, 0.6) is 5.88 Å². The molecule has 11 heteroatoms. The Labute approximate surface area is 158 Å². The van der Waals surface area contributed by atoms with Gasteiger partial charge in [0.1, 0.15) is 6.10 Å². The van der Waals surface area contributed by atoms with Crippen molar-refractivity contribution in [2.75, 3.05) is 5.73 Å². The molecule has 0 saturated carbocycles. The first-order chi connectivity index (χ1) is 13.0. The standard InChI is InChI=1S/C17H21F3N4O4/c1-8-7-10(21)12-14-23-24-15(28-14)16(26,17(18,19)20)6-4-3-5-11(25)9(2)27-13(8)22-12/h7,9,11,25-26H,3-6,21H2,1-2H3/t9-,11?,16-/m1/s1. The van der Waals surface area contributed by atoms with Crippen LogP contribution in [0.2, 0.25) is 0 Å². The van der Waals surface area contributed by atoms with Gasteiger partial charge in [-0.05, 0) is 39.2 Å². The Morgan fingerprint density at radius 1 is 1.29 bits per heavy atom. The first kappa shape index (κ1) is 20.3. The minimum atomic E-state index is -5.03. The van der Waals surface area contributed by atoms with Gasteiger partial charge < -0.3 is 25.1 Å². The monoisotopic (exact) mass is 402 g/mol. The topological polar surface area (TPSA) is 128 Å². The molecule has 4 N–H and O–H groups in total. The van der Waals surface area contributed by atoms with Crippen molar-refractivity contribution in [3.05, 3.63) is 17.5 Å². The Kier molecular flexibility index (Phi) is 5.24. The van der Waals surface area contributed by atoms with Crippen LogP contribution in [-0.2, 0) is 5.60 Å². The van der Waals surface area contributed by atoms with Gasteiger partial charge in [-0.25, -0.2) is 4.98 Å². The second-order valence-corrected chi connectivity index (χ2v) is 6.95. The highest BCUT2D eigenvalue weighted by Crippen LogP contribution is 2.43. The predicted octanol–water partition coefficient (Wildman–Crippen LogP) is 2.47. The highest BCUT2D eigenvalue weighted by atomic mass is 19.4. The molecule has 3 atom stereocenters. The van der Waals surface area contributed by atoms with Gasteiger partial charge in [-0.1, -0.05) is 6.42 Å². The van der Waals surface area contributed by atoms with Gasteiger partial charge in [0, 0.05) is 5.56 Å². The van der Waals surface area contributed by atoms with Crippen LogP contribution in [0.1, 0.15) is 44.1 Å². The molecule has 2 aromatic heterocycles. The second kappa shape index (κ2) is 7.21. The number of aliphatic hydroxyl groups excluding tert-OH is 1. The summed E-state index contributed by atoms with van der Waals surface area (Å²) in [5, 5.41) is 27.5. The summed E-state index contributed by atoms with van der Waals surface area (Å²) in [7, 11) is 0. The summed E-state index contributed by atoms with van der Waals surface area (Å²) in [5.74, 6) is -1.21. The first-order valence-electron chi connectivity index (χ1n) is 8.78. The molecule has 0 saturated heterocycles. The minimum absolute atomic E-state index is 0.0256. The molecular formula is C17H21F3N4O4. The number of nitrogen functional groups attached to an aromatic ring is 1. The van der Waals surface area contributed by atoms with Gasteiger partial charge in [-0.15, -0.1) is 10.2 Å². The van der Waals surface area contributed by atoms with Gasteiger partial charge >= 0.3 is 6.18 Å². The summed E-state index contributed by atoms with van der Waals surface area (Å²) in [5.41, 5.74) is 3.19. The number of fused-ring (bicyclic) bond motifs is 5. The van der Waals surface area contributed by atoms with Crippen LogP contribution < -0.4 is 10.5 Å². The summed E-state index contributed by atoms with van der Waals surface area (Å²) in [6, 6.07) is 1.50. The molecule has 0 fully saturated rings. The average molecular weight is 402 g/mol. The number of hydrogen-bond donors (Lipinski definition) is 3. The van der Waals surface area contributed by atoms with E-state index in [0.29, 0.717) is 5.56 Å². The third-order valence-corrected chi connectivity index (χ3v) is 4.77. The van der Waals surface area contributed by atoms with E-state index in [2.05, 4.69) is 15.2 Å². The van der Waals surface area contributed by atoms with Crippen LogP contribution in [-0.4, -0.2) is 43.8 Å². The molecule has 1 aliphatic rings. The smallest absolute Gasteiger partial charge is 0.426 e. The Hall–Kier alpha value is -2.40. The van der Waals surface area contributed by atoms with Crippen LogP contribution in [0.3, 0.4) is 0 Å². The zero-order valence-electron chi connectivity index (χ0n) is 15.3. The fourth-order valence-electron chi connectivity index (χ4n) is 2.99. The highest BCUT2D eigenvalue weighted by Gasteiger charge is 2.58. The number of halogens is 3. The second-order valence-electron chi connectivity index (χ2n) is 6.95. The van der Waals surface area contributed by atoms with E-state index in [9.17, 15) is 23.4 Å². The van der Waals surface area contributed by atoms with E-state index in [1.54, 1.807) is 13.8 Å². The quantitative estimate of drug-likeness (QED) is 0.613. The Balaban J connectivity index is 2.13. The first-order valence-corrected chi connectivity index (χ1v) is 8.78. The van der Waals surface area contributed by atoms with E-state index in [1.165, 1.54) is 6.07 Å². The van der Waals surface area contributed by atoms with E-state index in [4.69, 9.17) is 14.9 Å². The third kappa shape index (κ3) is 3.63. The fourth-order valence-corrected chi connectivity index (χ4v) is 2.99. The minimum Gasteiger partial charge on any atom is -0.472 e. The molecule has 3 rings (SSSR count). The van der Waals surface area contributed by atoms with Gasteiger partial charge in [0.05, 0.1) is 11.8 Å². The molecule has 0 amide bonds. The van der Waals surface area contributed by atoms with E-state index in [1.807, 2.05) is 0 Å². The van der Waals surface area contributed by atoms with Gasteiger partial charge in [0.2, 0.25) is 11.5 Å². The zero-order chi connectivity index (χ0) is 20.7. The van der Waals surface area contributed by atoms with Gasteiger partial charge in [-0.3, -0.25) is 0 Å². The van der Waals surface area contributed by atoms with Crippen molar-refractivity contribution in [1.82, 2.24) is 15.2 Å². The summed E-state index contributed by atoms with van der Waals surface area (Å²) in [4.78, 5) is 4.18. The number of aliphatic hydroxyl groups is 2. The third-order valence-electron chi connectivity index (χ3n) is 4.77. The van der Waals surface area contributed by atoms with Crippen molar-refractivity contribution in [2.45, 2.75) is 63.5 Å². The van der Waals surface area contributed by atoms with Crippen molar-refractivity contribution in [3.8, 4) is 17.5 Å². The number of aryl methyl sites for hydroxylation is 1. The maximum absolute atomic E-state index is 13.6. The fraction of sp³-hybridized carbons (Fsp3) is 0.588. The number of rotatable bonds is 0. The molecule has 4 bridgehead atoms. The van der Waals surface area contributed by atoms with Crippen LogP contribution >= 0.6 is 0 Å². The number of ether oxygens (including phenoxy) is 1. The summed E-state index contributed by atoms with van der Waals surface area (Å²) in [6.07, 6.45) is -6.92. The number of anilines is 1. The van der Waals surface area contributed by atoms with E-state index in [-0.39, 0.29) is 42.4 Å². The SMILES string of the molecule is Cc1cc(N)c2nc1O[C@H](C)C(O)CCCC[C@](O)(C(F)(F)F)c1nnc-2o1. The Morgan fingerprint density at radius 2 is 2.00 bits per heavy atom. The normalized spacial score (nSPS) is 26.4. The number of nitrogens with two attached hydrogens (primary N) is 1. The number of nitrogens with zero attached hydrogens (tertiary/aromatic N) is 3. The molecular weight excluding hydrogens is 381 g/mol. The number of aromatic nitrogens is 3. The van der Waals surface area contributed by atoms with E-state index >= 15 is 0 Å².